The van der Waals surface area contributed by atoms with Gasteiger partial charge in [-0.3, -0.25) is 4.79 Å². The van der Waals surface area contributed by atoms with Crippen LogP contribution in [0.3, 0.4) is 0 Å². The second kappa shape index (κ2) is 6.43. The van der Waals surface area contributed by atoms with Crippen molar-refractivity contribution in [3.8, 4) is 0 Å². The first-order valence-electron chi connectivity index (χ1n) is 7.49. The van der Waals surface area contributed by atoms with Crippen molar-refractivity contribution in [3.05, 3.63) is 29.6 Å². The van der Waals surface area contributed by atoms with Gasteiger partial charge in [0.25, 0.3) is 5.91 Å². The summed E-state index contributed by atoms with van der Waals surface area (Å²) < 4.78 is 19.7. The third kappa shape index (κ3) is 3.53. The number of anilines is 1. The molecular formula is C16H23FN2O2. The molecule has 0 aliphatic carbocycles. The molecule has 1 aromatic rings. The Labute approximate surface area is 124 Å². The first-order valence-corrected chi connectivity index (χ1v) is 7.49. The highest BCUT2D eigenvalue weighted by Crippen LogP contribution is 2.31. The molecule has 1 aliphatic rings. The van der Waals surface area contributed by atoms with Crippen molar-refractivity contribution in [2.45, 2.75) is 51.2 Å². The van der Waals surface area contributed by atoms with Gasteiger partial charge in [-0.05, 0) is 43.9 Å². The van der Waals surface area contributed by atoms with Gasteiger partial charge in [-0.1, -0.05) is 13.8 Å². The van der Waals surface area contributed by atoms with Gasteiger partial charge in [0.2, 0.25) is 0 Å². The first-order chi connectivity index (χ1) is 9.99. The predicted octanol–water partition coefficient (Wildman–Crippen LogP) is 2.88. The summed E-state index contributed by atoms with van der Waals surface area (Å²) in [6.45, 7) is 4.80. The molecule has 1 atom stereocenters. The minimum Gasteiger partial charge on any atom is -0.399 e. The van der Waals surface area contributed by atoms with Crippen LogP contribution in [0.15, 0.2) is 18.2 Å². The summed E-state index contributed by atoms with van der Waals surface area (Å²) in [6.07, 6.45) is 3.34. The zero-order valence-corrected chi connectivity index (χ0v) is 12.6. The number of nitrogens with two attached hydrogens (primary N) is 1. The van der Waals surface area contributed by atoms with E-state index in [9.17, 15) is 9.18 Å². The van der Waals surface area contributed by atoms with Crippen LogP contribution < -0.4 is 11.1 Å². The molecule has 0 aromatic heterocycles. The summed E-state index contributed by atoms with van der Waals surface area (Å²) in [4.78, 5) is 12.2. The second-order valence-electron chi connectivity index (χ2n) is 5.64. The molecule has 1 saturated heterocycles. The van der Waals surface area contributed by atoms with Gasteiger partial charge in [0.05, 0.1) is 11.2 Å². The van der Waals surface area contributed by atoms with Crippen LogP contribution >= 0.6 is 0 Å². The average molecular weight is 294 g/mol. The fourth-order valence-electron chi connectivity index (χ4n) is 2.87. The van der Waals surface area contributed by atoms with Crippen LogP contribution in [0.2, 0.25) is 0 Å². The standard InChI is InChI=1S/C16H23FN2O2/c1-3-16(4-2)10-12(7-8-21-16)19-15(20)13-6-5-11(18)9-14(13)17/h5-6,9,12H,3-4,7-8,10,18H2,1-2H3,(H,19,20). The molecule has 1 heterocycles. The number of carbonyl (C=O) groups is 1. The smallest absolute Gasteiger partial charge is 0.254 e. The Hall–Kier alpha value is -1.62. The molecule has 1 amide bonds. The van der Waals surface area contributed by atoms with Gasteiger partial charge in [0.1, 0.15) is 5.82 Å². The third-order valence-corrected chi connectivity index (χ3v) is 4.35. The van der Waals surface area contributed by atoms with Crippen molar-refractivity contribution in [1.29, 1.82) is 0 Å². The highest BCUT2D eigenvalue weighted by atomic mass is 19.1. The molecule has 116 valence electrons. The molecule has 0 radical (unpaired) electrons. The van der Waals surface area contributed by atoms with Crippen LogP contribution in [0.5, 0.6) is 0 Å². The lowest BCUT2D eigenvalue weighted by molar-refractivity contribution is -0.0917. The third-order valence-electron chi connectivity index (χ3n) is 4.35. The lowest BCUT2D eigenvalue weighted by Gasteiger charge is -2.40. The van der Waals surface area contributed by atoms with Crippen LogP contribution in [0.1, 0.15) is 49.9 Å². The van der Waals surface area contributed by atoms with E-state index in [4.69, 9.17) is 10.5 Å². The lowest BCUT2D eigenvalue weighted by atomic mass is 9.86. The molecule has 1 unspecified atom stereocenters. The van der Waals surface area contributed by atoms with Crippen molar-refractivity contribution >= 4 is 11.6 Å². The van der Waals surface area contributed by atoms with Crippen molar-refractivity contribution in [1.82, 2.24) is 5.32 Å². The largest absolute Gasteiger partial charge is 0.399 e. The van der Waals surface area contributed by atoms with Crippen LogP contribution in [0.25, 0.3) is 0 Å². The van der Waals surface area contributed by atoms with E-state index in [1.807, 2.05) is 0 Å². The Bertz CT molecular complexity index is 515. The van der Waals surface area contributed by atoms with E-state index >= 15 is 0 Å². The van der Waals surface area contributed by atoms with Crippen molar-refractivity contribution in [2.24, 2.45) is 0 Å². The number of hydrogen-bond donors (Lipinski definition) is 2. The fraction of sp³-hybridized carbons (Fsp3) is 0.562. The Kier molecular flexibility index (Phi) is 4.83. The zero-order valence-electron chi connectivity index (χ0n) is 12.6. The number of rotatable bonds is 4. The van der Waals surface area contributed by atoms with Gasteiger partial charge in [-0.15, -0.1) is 0 Å². The molecule has 21 heavy (non-hydrogen) atoms. The van der Waals surface area contributed by atoms with Gasteiger partial charge in [0.15, 0.2) is 0 Å². The van der Waals surface area contributed by atoms with E-state index < -0.39 is 5.82 Å². The van der Waals surface area contributed by atoms with Crippen molar-refractivity contribution < 1.29 is 13.9 Å². The highest BCUT2D eigenvalue weighted by Gasteiger charge is 2.35. The summed E-state index contributed by atoms with van der Waals surface area (Å²) in [5.41, 5.74) is 5.67. The molecule has 0 bridgehead atoms. The topological polar surface area (TPSA) is 64.4 Å². The molecule has 0 saturated carbocycles. The Morgan fingerprint density at radius 3 is 2.81 bits per heavy atom. The number of nitrogen functional groups attached to an aromatic ring is 1. The summed E-state index contributed by atoms with van der Waals surface area (Å²) in [5.74, 6) is -0.975. The zero-order chi connectivity index (χ0) is 15.5. The quantitative estimate of drug-likeness (QED) is 0.839. The van der Waals surface area contributed by atoms with E-state index in [0.29, 0.717) is 12.3 Å². The van der Waals surface area contributed by atoms with Gasteiger partial charge in [-0.2, -0.15) is 0 Å². The van der Waals surface area contributed by atoms with Gasteiger partial charge in [0, 0.05) is 18.3 Å². The van der Waals surface area contributed by atoms with E-state index in [2.05, 4.69) is 19.2 Å². The number of amides is 1. The lowest BCUT2D eigenvalue weighted by Crippen LogP contribution is -2.48. The van der Waals surface area contributed by atoms with Gasteiger partial charge < -0.3 is 15.8 Å². The predicted molar refractivity (Wildman–Crippen MR) is 80.6 cm³/mol. The molecule has 1 aromatic carbocycles. The summed E-state index contributed by atoms with van der Waals surface area (Å²) in [5, 5.41) is 2.92. The van der Waals surface area contributed by atoms with Crippen LogP contribution in [0, 0.1) is 5.82 Å². The minimum absolute atomic E-state index is 0.0168. The van der Waals surface area contributed by atoms with Crippen LogP contribution in [-0.2, 0) is 4.74 Å². The summed E-state index contributed by atoms with van der Waals surface area (Å²) >= 11 is 0. The number of carbonyl (C=O) groups excluding carboxylic acids is 1. The van der Waals surface area contributed by atoms with E-state index in [0.717, 1.165) is 25.7 Å². The normalized spacial score (nSPS) is 21.0. The molecule has 4 nitrogen and oxygen atoms in total. The monoisotopic (exact) mass is 294 g/mol. The fourth-order valence-corrected chi connectivity index (χ4v) is 2.87. The second-order valence-corrected chi connectivity index (χ2v) is 5.64. The molecule has 0 spiro atoms. The highest BCUT2D eigenvalue weighted by molar-refractivity contribution is 5.95. The number of nitrogens with one attached hydrogen (secondary N) is 1. The molecule has 1 fully saturated rings. The van der Waals surface area contributed by atoms with Gasteiger partial charge in [-0.25, -0.2) is 4.39 Å². The van der Waals surface area contributed by atoms with Crippen molar-refractivity contribution in [2.75, 3.05) is 12.3 Å². The SMILES string of the molecule is CCC1(CC)CC(NC(=O)c2ccc(N)cc2F)CCO1. The molecule has 3 N–H and O–H groups in total. The number of halogens is 1. The van der Waals surface area contributed by atoms with Gasteiger partial charge >= 0.3 is 0 Å². The van der Waals surface area contributed by atoms with E-state index in [1.165, 1.54) is 18.2 Å². The molecule has 2 rings (SSSR count). The maximum absolute atomic E-state index is 13.8. The Morgan fingerprint density at radius 1 is 1.48 bits per heavy atom. The Morgan fingerprint density at radius 2 is 2.19 bits per heavy atom. The van der Waals surface area contributed by atoms with E-state index in [-0.39, 0.29) is 23.1 Å². The average Bonchev–Trinajstić information content (AvgIpc) is 2.47. The summed E-state index contributed by atoms with van der Waals surface area (Å²) in [6, 6.07) is 4.14. The van der Waals surface area contributed by atoms with E-state index in [1.54, 1.807) is 0 Å². The number of benzene rings is 1. The maximum atomic E-state index is 13.8. The van der Waals surface area contributed by atoms with Crippen LogP contribution in [0.4, 0.5) is 10.1 Å². The molecule has 1 aliphatic heterocycles. The maximum Gasteiger partial charge on any atom is 0.254 e. The number of hydrogen-bond acceptors (Lipinski definition) is 3. The first kappa shape index (κ1) is 15.8. The Balaban J connectivity index is 2.05. The van der Waals surface area contributed by atoms with Crippen LogP contribution in [-0.4, -0.2) is 24.2 Å². The number of ether oxygens (including phenoxy) is 1. The summed E-state index contributed by atoms with van der Waals surface area (Å²) in [7, 11) is 0. The molecular weight excluding hydrogens is 271 g/mol. The molecule has 5 heteroatoms. The van der Waals surface area contributed by atoms with Crippen molar-refractivity contribution in [3.63, 3.8) is 0 Å². The minimum atomic E-state index is -0.586.